The molecule has 3 aromatic rings. The van der Waals surface area contributed by atoms with Crippen molar-refractivity contribution in [2.75, 3.05) is 11.9 Å². The summed E-state index contributed by atoms with van der Waals surface area (Å²) in [6.45, 7) is 0.879. The minimum absolute atomic E-state index is 0.703. The van der Waals surface area contributed by atoms with Crippen LogP contribution < -0.4 is 5.32 Å². The van der Waals surface area contributed by atoms with Gasteiger partial charge >= 0.3 is 0 Å². The number of hydrogen-bond acceptors (Lipinski definition) is 4. The number of rotatable bonds is 5. The summed E-state index contributed by atoms with van der Waals surface area (Å²) in [7, 11) is 0. The third kappa shape index (κ3) is 3.51. The van der Waals surface area contributed by atoms with Gasteiger partial charge < -0.3 is 5.32 Å². The summed E-state index contributed by atoms with van der Waals surface area (Å²) in [4.78, 5) is 8.80. The van der Waals surface area contributed by atoms with E-state index in [2.05, 4.69) is 26.5 Å². The summed E-state index contributed by atoms with van der Waals surface area (Å²) in [5, 5.41) is 9.54. The van der Waals surface area contributed by atoms with E-state index < -0.39 is 0 Å². The Kier molecular flexibility index (Phi) is 4.65. The van der Waals surface area contributed by atoms with Crippen LogP contribution in [0.15, 0.2) is 48.4 Å². The maximum atomic E-state index is 5.97. The highest BCUT2D eigenvalue weighted by molar-refractivity contribution is 6.30. The molecule has 128 valence electrons. The van der Waals surface area contributed by atoms with Gasteiger partial charge in [-0.3, -0.25) is 0 Å². The summed E-state index contributed by atoms with van der Waals surface area (Å²) >= 11 is 5.97. The second-order valence-electron chi connectivity index (χ2n) is 6.28. The first-order valence-corrected chi connectivity index (χ1v) is 9.05. The number of fused-ring (bicyclic) bond motifs is 1. The first-order chi connectivity index (χ1) is 12.3. The Morgan fingerprint density at radius 1 is 1.12 bits per heavy atom. The molecule has 25 heavy (non-hydrogen) atoms. The highest BCUT2D eigenvalue weighted by Gasteiger charge is 2.11. The lowest BCUT2D eigenvalue weighted by Gasteiger charge is -2.13. The smallest absolute Gasteiger partial charge is 0.168 e. The number of nitrogens with zero attached hydrogens (tertiary/aromatic N) is 4. The SMILES string of the molecule is Clc1ccc(-n2ncc3c(NCCC4=CCCCC4)ncnc32)cc1. The molecular weight excluding hydrogens is 334 g/mol. The van der Waals surface area contributed by atoms with Crippen molar-refractivity contribution >= 4 is 28.5 Å². The van der Waals surface area contributed by atoms with Gasteiger partial charge in [0.05, 0.1) is 17.3 Å². The molecule has 0 aliphatic heterocycles. The highest BCUT2D eigenvalue weighted by atomic mass is 35.5. The largest absolute Gasteiger partial charge is 0.369 e. The second kappa shape index (κ2) is 7.23. The van der Waals surface area contributed by atoms with Crippen molar-refractivity contribution in [3.05, 3.63) is 53.5 Å². The van der Waals surface area contributed by atoms with Crippen LogP contribution in [0.2, 0.25) is 5.02 Å². The zero-order valence-corrected chi connectivity index (χ0v) is 14.7. The van der Waals surface area contributed by atoms with E-state index in [1.54, 1.807) is 11.9 Å². The van der Waals surface area contributed by atoms with Gasteiger partial charge in [0.2, 0.25) is 0 Å². The first-order valence-electron chi connectivity index (χ1n) is 8.68. The van der Waals surface area contributed by atoms with Gasteiger partial charge in [-0.15, -0.1) is 0 Å². The van der Waals surface area contributed by atoms with Gasteiger partial charge in [0, 0.05) is 11.6 Å². The van der Waals surface area contributed by atoms with Crippen LogP contribution in [0.3, 0.4) is 0 Å². The molecule has 0 saturated heterocycles. The molecule has 1 N–H and O–H groups in total. The highest BCUT2D eigenvalue weighted by Crippen LogP contribution is 2.24. The molecule has 2 heterocycles. The fraction of sp³-hybridized carbons (Fsp3) is 0.316. The number of halogens is 1. The Bertz CT molecular complexity index is 898. The van der Waals surface area contributed by atoms with Crippen LogP contribution in [0.1, 0.15) is 32.1 Å². The molecule has 0 atom stereocenters. The average Bonchev–Trinajstić information content (AvgIpc) is 3.08. The molecule has 4 rings (SSSR count). The van der Waals surface area contributed by atoms with Crippen LogP contribution >= 0.6 is 11.6 Å². The molecule has 1 aromatic carbocycles. The van der Waals surface area contributed by atoms with Crippen LogP contribution in [0, 0.1) is 0 Å². The van der Waals surface area contributed by atoms with Gasteiger partial charge in [0.25, 0.3) is 0 Å². The number of anilines is 1. The number of aromatic nitrogens is 4. The van der Waals surface area contributed by atoms with E-state index in [1.807, 2.05) is 35.1 Å². The van der Waals surface area contributed by atoms with Crippen LogP contribution in [-0.2, 0) is 0 Å². The minimum Gasteiger partial charge on any atom is -0.369 e. The molecule has 0 fully saturated rings. The lowest BCUT2D eigenvalue weighted by Crippen LogP contribution is -2.06. The number of benzene rings is 1. The lowest BCUT2D eigenvalue weighted by atomic mass is 9.97. The third-order valence-corrected chi connectivity index (χ3v) is 4.81. The van der Waals surface area contributed by atoms with Gasteiger partial charge in [-0.25, -0.2) is 14.6 Å². The molecule has 1 aliphatic rings. The van der Waals surface area contributed by atoms with Gasteiger partial charge in [-0.05, 0) is 56.4 Å². The van der Waals surface area contributed by atoms with E-state index >= 15 is 0 Å². The van der Waals surface area contributed by atoms with Crippen molar-refractivity contribution in [2.45, 2.75) is 32.1 Å². The normalized spacial score (nSPS) is 14.5. The van der Waals surface area contributed by atoms with E-state index in [0.717, 1.165) is 35.5 Å². The zero-order valence-electron chi connectivity index (χ0n) is 14.0. The van der Waals surface area contributed by atoms with Gasteiger partial charge in [-0.1, -0.05) is 23.3 Å². The number of hydrogen-bond donors (Lipinski definition) is 1. The van der Waals surface area contributed by atoms with Crippen molar-refractivity contribution in [1.82, 2.24) is 19.7 Å². The maximum absolute atomic E-state index is 5.97. The zero-order chi connectivity index (χ0) is 17.1. The average molecular weight is 354 g/mol. The molecule has 0 saturated carbocycles. The van der Waals surface area contributed by atoms with Crippen LogP contribution in [0.25, 0.3) is 16.7 Å². The van der Waals surface area contributed by atoms with Gasteiger partial charge in [0.15, 0.2) is 5.65 Å². The maximum Gasteiger partial charge on any atom is 0.168 e. The molecule has 0 radical (unpaired) electrons. The van der Waals surface area contributed by atoms with E-state index in [0.29, 0.717) is 5.02 Å². The number of nitrogens with one attached hydrogen (secondary N) is 1. The van der Waals surface area contributed by atoms with E-state index in [1.165, 1.54) is 25.7 Å². The predicted octanol–water partition coefficient (Wildman–Crippen LogP) is 4.77. The van der Waals surface area contributed by atoms with E-state index in [-0.39, 0.29) is 0 Å². The van der Waals surface area contributed by atoms with Crippen molar-refractivity contribution in [3.8, 4) is 5.69 Å². The van der Waals surface area contributed by atoms with Gasteiger partial charge in [-0.2, -0.15) is 5.10 Å². The summed E-state index contributed by atoms with van der Waals surface area (Å²) in [5.41, 5.74) is 3.27. The molecule has 0 amide bonds. The summed E-state index contributed by atoms with van der Waals surface area (Å²) < 4.78 is 1.81. The quantitative estimate of drug-likeness (QED) is 0.671. The van der Waals surface area contributed by atoms with Crippen molar-refractivity contribution in [1.29, 1.82) is 0 Å². The van der Waals surface area contributed by atoms with Crippen LogP contribution in [0.4, 0.5) is 5.82 Å². The van der Waals surface area contributed by atoms with Crippen LogP contribution in [0.5, 0.6) is 0 Å². The molecule has 5 nitrogen and oxygen atoms in total. The molecule has 2 aromatic heterocycles. The summed E-state index contributed by atoms with van der Waals surface area (Å²) in [5.74, 6) is 0.835. The fourth-order valence-electron chi connectivity index (χ4n) is 3.23. The molecular formula is C19H20ClN5. The van der Waals surface area contributed by atoms with Crippen molar-refractivity contribution in [3.63, 3.8) is 0 Å². The first kappa shape index (κ1) is 16.1. The molecule has 0 unspecified atom stereocenters. The monoisotopic (exact) mass is 353 g/mol. The van der Waals surface area contributed by atoms with E-state index in [4.69, 9.17) is 11.6 Å². The van der Waals surface area contributed by atoms with E-state index in [9.17, 15) is 0 Å². The molecule has 6 heteroatoms. The minimum atomic E-state index is 0.703. The van der Waals surface area contributed by atoms with Gasteiger partial charge in [0.1, 0.15) is 12.1 Å². The fourth-order valence-corrected chi connectivity index (χ4v) is 3.36. The molecule has 0 bridgehead atoms. The van der Waals surface area contributed by atoms with Crippen molar-refractivity contribution in [2.24, 2.45) is 0 Å². The Labute approximate surface area is 151 Å². The Balaban J connectivity index is 1.54. The standard InChI is InChI=1S/C19H20ClN5/c20-15-6-8-16(9-7-15)25-19-17(12-24-25)18(22-13-23-19)21-11-10-14-4-2-1-3-5-14/h4,6-9,12-13H,1-3,5,10-11H2,(H,21,22,23). The predicted molar refractivity (Wildman–Crippen MR) is 101 cm³/mol. The Hall–Kier alpha value is -2.40. The second-order valence-corrected chi connectivity index (χ2v) is 6.71. The summed E-state index contributed by atoms with van der Waals surface area (Å²) in [6, 6.07) is 7.56. The Morgan fingerprint density at radius 2 is 2.00 bits per heavy atom. The van der Waals surface area contributed by atoms with Crippen LogP contribution in [-0.4, -0.2) is 26.3 Å². The third-order valence-electron chi connectivity index (χ3n) is 4.56. The summed E-state index contributed by atoms with van der Waals surface area (Å²) in [6.07, 6.45) is 11.9. The lowest BCUT2D eigenvalue weighted by molar-refractivity contribution is 0.679. The molecule has 0 spiro atoms. The topological polar surface area (TPSA) is 55.6 Å². The number of allylic oxidation sites excluding steroid dienone is 1. The molecule has 1 aliphatic carbocycles. The Morgan fingerprint density at radius 3 is 2.80 bits per heavy atom. The van der Waals surface area contributed by atoms with Crippen molar-refractivity contribution < 1.29 is 0 Å².